The lowest BCUT2D eigenvalue weighted by atomic mass is 9.91. The molecule has 6 heteroatoms. The van der Waals surface area contributed by atoms with Crippen LogP contribution in [0.2, 0.25) is 0 Å². The number of fused-ring (bicyclic) bond motifs is 1. The highest BCUT2D eigenvalue weighted by Crippen LogP contribution is 2.36. The third kappa shape index (κ3) is 4.01. The Labute approximate surface area is 151 Å². The molecular formula is C19H30N2O3S. The number of benzene rings is 1. The lowest BCUT2D eigenvalue weighted by Crippen LogP contribution is -2.40. The molecule has 0 bridgehead atoms. The minimum Gasteiger partial charge on any atom is -0.387 e. The monoisotopic (exact) mass is 366 g/mol. The second kappa shape index (κ2) is 6.89. The van der Waals surface area contributed by atoms with Gasteiger partial charge in [0.2, 0.25) is 10.0 Å². The Hall–Kier alpha value is -1.11. The first kappa shape index (κ1) is 18.7. The molecule has 1 saturated heterocycles. The molecule has 0 saturated carbocycles. The topological polar surface area (TPSA) is 60.9 Å². The predicted octanol–water partition coefficient (Wildman–Crippen LogP) is 2.41. The van der Waals surface area contributed by atoms with Crippen LogP contribution in [0.4, 0.5) is 5.69 Å². The van der Waals surface area contributed by atoms with Crippen LogP contribution < -0.4 is 4.31 Å². The van der Waals surface area contributed by atoms with E-state index in [9.17, 15) is 13.5 Å². The quantitative estimate of drug-likeness (QED) is 0.889. The van der Waals surface area contributed by atoms with Crippen LogP contribution in [-0.2, 0) is 16.4 Å². The smallest absolute Gasteiger partial charge is 0.232 e. The second-order valence-electron chi connectivity index (χ2n) is 8.18. The molecule has 0 radical (unpaired) electrons. The molecule has 2 aliphatic rings. The first-order valence-electron chi connectivity index (χ1n) is 9.17. The van der Waals surface area contributed by atoms with E-state index in [1.54, 1.807) is 0 Å². The fourth-order valence-electron chi connectivity index (χ4n) is 4.63. The SMILES string of the molecule is C[C@@H]1C[C@H](C)CN(C[C@H](O)c2ccc3c(c2)C[C@H](C)N3S(C)(=O)=O)C1. The van der Waals surface area contributed by atoms with Crippen LogP contribution in [0.15, 0.2) is 18.2 Å². The Morgan fingerprint density at radius 1 is 1.20 bits per heavy atom. The second-order valence-corrected chi connectivity index (χ2v) is 10.0. The molecule has 0 spiro atoms. The van der Waals surface area contributed by atoms with Crippen LogP contribution in [0.3, 0.4) is 0 Å². The van der Waals surface area contributed by atoms with Crippen molar-refractivity contribution in [3.8, 4) is 0 Å². The van der Waals surface area contributed by atoms with Crippen LogP contribution in [0.1, 0.15) is 44.4 Å². The zero-order chi connectivity index (χ0) is 18.4. The van der Waals surface area contributed by atoms with Crippen LogP contribution in [0.5, 0.6) is 0 Å². The Morgan fingerprint density at radius 3 is 2.44 bits per heavy atom. The summed E-state index contributed by atoms with van der Waals surface area (Å²) in [6.45, 7) is 9.17. The van der Waals surface area contributed by atoms with Gasteiger partial charge in [-0.1, -0.05) is 26.0 Å². The van der Waals surface area contributed by atoms with Crippen LogP contribution >= 0.6 is 0 Å². The van der Waals surface area contributed by atoms with Crippen molar-refractivity contribution in [2.75, 3.05) is 30.2 Å². The Kier molecular flexibility index (Phi) is 5.15. The molecule has 0 aromatic heterocycles. The summed E-state index contributed by atoms with van der Waals surface area (Å²) in [5, 5.41) is 10.7. The number of aliphatic hydroxyl groups is 1. The zero-order valence-electron chi connectivity index (χ0n) is 15.6. The Balaban J connectivity index is 1.75. The third-order valence-electron chi connectivity index (χ3n) is 5.37. The fraction of sp³-hybridized carbons (Fsp3) is 0.684. The van der Waals surface area contributed by atoms with Crippen molar-refractivity contribution < 1.29 is 13.5 Å². The number of nitrogens with zero attached hydrogens (tertiary/aromatic N) is 2. The van der Waals surface area contributed by atoms with E-state index in [0.29, 0.717) is 24.8 Å². The molecule has 3 rings (SSSR count). The molecule has 1 aromatic rings. The first-order chi connectivity index (χ1) is 11.6. The summed E-state index contributed by atoms with van der Waals surface area (Å²) in [6.07, 6.45) is 2.66. The van der Waals surface area contributed by atoms with Gasteiger partial charge in [0.25, 0.3) is 0 Å². The van der Waals surface area contributed by atoms with Gasteiger partial charge in [0.15, 0.2) is 0 Å². The number of sulfonamides is 1. The van der Waals surface area contributed by atoms with Crippen molar-refractivity contribution in [3.05, 3.63) is 29.3 Å². The fourth-order valence-corrected chi connectivity index (χ4v) is 5.89. The maximum atomic E-state index is 12.0. The maximum Gasteiger partial charge on any atom is 0.232 e. The molecule has 25 heavy (non-hydrogen) atoms. The van der Waals surface area contributed by atoms with Gasteiger partial charge in [-0.15, -0.1) is 0 Å². The summed E-state index contributed by atoms with van der Waals surface area (Å²) in [5.41, 5.74) is 2.65. The van der Waals surface area contributed by atoms with Gasteiger partial charge in [-0.25, -0.2) is 8.42 Å². The highest BCUT2D eigenvalue weighted by Gasteiger charge is 2.33. The predicted molar refractivity (Wildman–Crippen MR) is 101 cm³/mol. The minimum atomic E-state index is -3.27. The van der Waals surface area contributed by atoms with Gasteiger partial charge in [0.1, 0.15) is 0 Å². The van der Waals surface area contributed by atoms with Crippen LogP contribution in [0, 0.1) is 11.8 Å². The number of β-amino-alcohol motifs (C(OH)–C–C–N with tert-alkyl or cyclic N) is 1. The van der Waals surface area contributed by atoms with Crippen LogP contribution in [0.25, 0.3) is 0 Å². The summed E-state index contributed by atoms with van der Waals surface area (Å²) in [4.78, 5) is 2.35. The number of likely N-dealkylation sites (tertiary alicyclic amines) is 1. The van der Waals surface area contributed by atoms with Crippen LogP contribution in [-0.4, -0.2) is 50.4 Å². The highest BCUT2D eigenvalue weighted by atomic mass is 32.2. The Morgan fingerprint density at radius 2 is 1.84 bits per heavy atom. The summed E-state index contributed by atoms with van der Waals surface area (Å²) >= 11 is 0. The van der Waals surface area contributed by atoms with Gasteiger partial charge in [-0.2, -0.15) is 0 Å². The molecule has 4 atom stereocenters. The third-order valence-corrected chi connectivity index (χ3v) is 6.65. The van der Waals surface area contributed by atoms with E-state index in [0.717, 1.165) is 29.9 Å². The van der Waals surface area contributed by atoms with Crippen molar-refractivity contribution in [2.45, 2.75) is 45.8 Å². The van der Waals surface area contributed by atoms with E-state index < -0.39 is 16.1 Å². The Bertz CT molecular complexity index is 724. The molecule has 140 valence electrons. The highest BCUT2D eigenvalue weighted by molar-refractivity contribution is 7.92. The molecule has 2 heterocycles. The number of rotatable bonds is 4. The zero-order valence-corrected chi connectivity index (χ0v) is 16.5. The van der Waals surface area contributed by atoms with Crippen molar-refractivity contribution in [2.24, 2.45) is 11.8 Å². The molecule has 0 unspecified atom stereocenters. The molecule has 1 fully saturated rings. The van der Waals surface area contributed by atoms with Gasteiger partial charge in [0.05, 0.1) is 18.0 Å². The van der Waals surface area contributed by atoms with E-state index in [2.05, 4.69) is 18.7 Å². The molecule has 1 N–H and O–H groups in total. The number of aliphatic hydroxyl groups excluding tert-OH is 1. The number of hydrogen-bond acceptors (Lipinski definition) is 4. The number of anilines is 1. The number of hydrogen-bond donors (Lipinski definition) is 1. The molecular weight excluding hydrogens is 336 g/mol. The average molecular weight is 367 g/mol. The van der Waals surface area contributed by atoms with E-state index >= 15 is 0 Å². The molecule has 1 aromatic carbocycles. The van der Waals surface area contributed by atoms with E-state index in [4.69, 9.17) is 0 Å². The first-order valence-corrected chi connectivity index (χ1v) is 11.0. The van der Waals surface area contributed by atoms with Gasteiger partial charge >= 0.3 is 0 Å². The molecule has 0 amide bonds. The van der Waals surface area contributed by atoms with E-state index in [1.165, 1.54) is 17.0 Å². The van der Waals surface area contributed by atoms with Gasteiger partial charge < -0.3 is 5.11 Å². The average Bonchev–Trinajstić information content (AvgIpc) is 2.80. The summed E-state index contributed by atoms with van der Waals surface area (Å²) in [5.74, 6) is 1.33. The summed E-state index contributed by atoms with van der Waals surface area (Å²) in [7, 11) is -3.27. The summed E-state index contributed by atoms with van der Waals surface area (Å²) in [6, 6.07) is 5.63. The van der Waals surface area contributed by atoms with E-state index in [1.807, 2.05) is 25.1 Å². The number of piperidine rings is 1. The minimum absolute atomic E-state index is 0.0683. The van der Waals surface area contributed by atoms with Crippen molar-refractivity contribution in [3.63, 3.8) is 0 Å². The maximum absolute atomic E-state index is 12.0. The van der Waals surface area contributed by atoms with Gasteiger partial charge in [-0.3, -0.25) is 9.21 Å². The molecule has 0 aliphatic carbocycles. The van der Waals surface area contributed by atoms with E-state index in [-0.39, 0.29) is 6.04 Å². The lowest BCUT2D eigenvalue weighted by molar-refractivity contribution is 0.0699. The van der Waals surface area contributed by atoms with Crippen molar-refractivity contribution in [1.29, 1.82) is 0 Å². The van der Waals surface area contributed by atoms with Crippen molar-refractivity contribution >= 4 is 15.7 Å². The normalized spacial score (nSPS) is 28.8. The van der Waals surface area contributed by atoms with Crippen molar-refractivity contribution in [1.82, 2.24) is 4.90 Å². The molecule has 5 nitrogen and oxygen atoms in total. The van der Waals surface area contributed by atoms with Gasteiger partial charge in [-0.05, 0) is 48.8 Å². The van der Waals surface area contributed by atoms with Gasteiger partial charge in [0, 0.05) is 25.7 Å². The lowest BCUT2D eigenvalue weighted by Gasteiger charge is -2.36. The molecule has 2 aliphatic heterocycles. The largest absolute Gasteiger partial charge is 0.387 e. The summed E-state index contributed by atoms with van der Waals surface area (Å²) < 4.78 is 25.5. The standard InChI is InChI=1S/C19H30N2O3S/c1-13-7-14(2)11-20(10-13)12-19(22)16-5-6-18-17(9-16)8-15(3)21(18)25(4,23)24/h5-6,9,13-15,19,22H,7-8,10-12H2,1-4H3/t13-,14+,15-,19-/m0/s1.